The molecule has 17 heavy (non-hydrogen) atoms. The van der Waals surface area contributed by atoms with E-state index in [4.69, 9.17) is 0 Å². The molecule has 3 unspecified atom stereocenters. The van der Waals surface area contributed by atoms with E-state index in [1.165, 1.54) is 6.42 Å². The molecule has 0 aromatic carbocycles. The van der Waals surface area contributed by atoms with Crippen LogP contribution in [-0.2, 0) is 10.0 Å². The van der Waals surface area contributed by atoms with E-state index in [9.17, 15) is 8.42 Å². The van der Waals surface area contributed by atoms with Crippen LogP contribution in [-0.4, -0.2) is 33.3 Å². The van der Waals surface area contributed by atoms with E-state index in [0.29, 0.717) is 12.5 Å². The highest BCUT2D eigenvalue weighted by atomic mass is 32.2. The van der Waals surface area contributed by atoms with Crippen LogP contribution in [0.1, 0.15) is 46.0 Å². The third-order valence-corrected chi connectivity index (χ3v) is 5.60. The third kappa shape index (κ3) is 4.56. The van der Waals surface area contributed by atoms with Crippen molar-refractivity contribution in [1.29, 1.82) is 0 Å². The van der Waals surface area contributed by atoms with E-state index in [0.717, 1.165) is 25.7 Å². The molecule has 1 rings (SSSR count). The molecular formula is C12H26N2O2S. The summed E-state index contributed by atoms with van der Waals surface area (Å²) < 4.78 is 26.9. The fourth-order valence-corrected chi connectivity index (χ4v) is 3.81. The fraction of sp³-hybridized carbons (Fsp3) is 1.00. The number of hydrogen-bond donors (Lipinski definition) is 2. The van der Waals surface area contributed by atoms with Crippen LogP contribution in [0.3, 0.4) is 0 Å². The van der Waals surface area contributed by atoms with Gasteiger partial charge in [-0.1, -0.05) is 26.2 Å². The van der Waals surface area contributed by atoms with Gasteiger partial charge in [0.05, 0.1) is 5.25 Å². The highest BCUT2D eigenvalue weighted by Gasteiger charge is 2.27. The van der Waals surface area contributed by atoms with Crippen molar-refractivity contribution in [2.45, 2.75) is 57.2 Å². The van der Waals surface area contributed by atoms with E-state index in [1.807, 2.05) is 0 Å². The lowest BCUT2D eigenvalue weighted by Gasteiger charge is -2.29. The van der Waals surface area contributed by atoms with Crippen LogP contribution in [0.2, 0.25) is 0 Å². The van der Waals surface area contributed by atoms with Crippen LogP contribution < -0.4 is 10.0 Å². The van der Waals surface area contributed by atoms with E-state index in [1.54, 1.807) is 14.0 Å². The number of sulfonamides is 1. The van der Waals surface area contributed by atoms with Gasteiger partial charge in [-0.25, -0.2) is 13.1 Å². The van der Waals surface area contributed by atoms with E-state index in [-0.39, 0.29) is 11.3 Å². The minimum absolute atomic E-state index is 0.151. The summed E-state index contributed by atoms with van der Waals surface area (Å²) in [6.07, 6.45) is 5.54. The SMILES string of the molecule is CCC1CCCC(NS(=O)(=O)C(C)CNC)C1. The highest BCUT2D eigenvalue weighted by molar-refractivity contribution is 7.90. The van der Waals surface area contributed by atoms with Gasteiger partial charge >= 0.3 is 0 Å². The molecule has 5 heteroatoms. The van der Waals surface area contributed by atoms with Crippen LogP contribution in [0.25, 0.3) is 0 Å². The second kappa shape index (κ2) is 6.71. The molecule has 0 aromatic heterocycles. The Hall–Kier alpha value is -0.130. The summed E-state index contributed by atoms with van der Waals surface area (Å²) >= 11 is 0. The van der Waals surface area contributed by atoms with Gasteiger partial charge in [-0.05, 0) is 32.7 Å². The topological polar surface area (TPSA) is 58.2 Å². The quantitative estimate of drug-likeness (QED) is 0.762. The zero-order chi connectivity index (χ0) is 12.9. The standard InChI is InChI=1S/C12H26N2O2S/c1-4-11-6-5-7-12(8-11)14-17(15,16)10(2)9-13-3/h10-14H,4-9H2,1-3H3. The lowest BCUT2D eigenvalue weighted by Crippen LogP contribution is -2.44. The van der Waals surface area contributed by atoms with Crippen molar-refractivity contribution in [3.8, 4) is 0 Å². The fourth-order valence-electron chi connectivity index (χ4n) is 2.51. The van der Waals surface area contributed by atoms with Crippen LogP contribution >= 0.6 is 0 Å². The number of hydrogen-bond acceptors (Lipinski definition) is 3. The van der Waals surface area contributed by atoms with Crippen molar-refractivity contribution in [3.05, 3.63) is 0 Å². The Balaban J connectivity index is 2.52. The third-order valence-electron chi connectivity index (χ3n) is 3.71. The summed E-state index contributed by atoms with van der Waals surface area (Å²) in [4.78, 5) is 0. The monoisotopic (exact) mass is 262 g/mol. The van der Waals surface area contributed by atoms with Crippen LogP contribution in [0.15, 0.2) is 0 Å². The molecule has 1 saturated carbocycles. The molecule has 0 saturated heterocycles. The first kappa shape index (κ1) is 14.9. The molecule has 4 nitrogen and oxygen atoms in total. The van der Waals surface area contributed by atoms with Crippen molar-refractivity contribution in [2.75, 3.05) is 13.6 Å². The maximum atomic E-state index is 12.0. The molecule has 3 atom stereocenters. The van der Waals surface area contributed by atoms with Crippen molar-refractivity contribution in [1.82, 2.24) is 10.0 Å². The van der Waals surface area contributed by atoms with Gasteiger partial charge in [0.25, 0.3) is 0 Å². The Morgan fingerprint density at radius 1 is 1.35 bits per heavy atom. The van der Waals surface area contributed by atoms with Crippen LogP contribution in [0.4, 0.5) is 0 Å². The summed E-state index contributed by atoms with van der Waals surface area (Å²) in [5.74, 6) is 0.691. The van der Waals surface area contributed by atoms with Gasteiger partial charge in [0, 0.05) is 12.6 Å². The van der Waals surface area contributed by atoms with E-state index >= 15 is 0 Å². The van der Waals surface area contributed by atoms with E-state index in [2.05, 4.69) is 17.0 Å². The summed E-state index contributed by atoms with van der Waals surface area (Å²) in [6, 6.07) is 0.151. The molecule has 1 fully saturated rings. The molecule has 0 aliphatic heterocycles. The molecule has 0 aromatic rings. The van der Waals surface area contributed by atoms with Gasteiger partial charge in [-0.3, -0.25) is 0 Å². The average molecular weight is 262 g/mol. The normalized spacial score (nSPS) is 27.9. The molecule has 0 amide bonds. The second-order valence-electron chi connectivity index (χ2n) is 5.17. The van der Waals surface area contributed by atoms with Crippen molar-refractivity contribution in [2.24, 2.45) is 5.92 Å². The zero-order valence-electron chi connectivity index (χ0n) is 11.2. The number of rotatable bonds is 6. The van der Waals surface area contributed by atoms with Gasteiger partial charge in [-0.15, -0.1) is 0 Å². The minimum Gasteiger partial charge on any atom is -0.318 e. The lowest BCUT2D eigenvalue weighted by atomic mass is 9.85. The van der Waals surface area contributed by atoms with Gasteiger partial charge in [0.2, 0.25) is 10.0 Å². The van der Waals surface area contributed by atoms with Gasteiger partial charge in [-0.2, -0.15) is 0 Å². The molecule has 102 valence electrons. The summed E-state index contributed by atoms with van der Waals surface area (Å²) in [5.41, 5.74) is 0. The van der Waals surface area contributed by atoms with Gasteiger partial charge < -0.3 is 5.32 Å². The van der Waals surface area contributed by atoms with Crippen LogP contribution in [0.5, 0.6) is 0 Å². The molecule has 2 N–H and O–H groups in total. The highest BCUT2D eigenvalue weighted by Crippen LogP contribution is 2.27. The first-order chi connectivity index (χ1) is 7.99. The summed E-state index contributed by atoms with van der Waals surface area (Å²) in [6.45, 7) is 4.43. The minimum atomic E-state index is -3.17. The maximum Gasteiger partial charge on any atom is 0.215 e. The summed E-state index contributed by atoms with van der Waals surface area (Å²) in [5, 5.41) is 2.55. The first-order valence-electron chi connectivity index (χ1n) is 6.65. The summed E-state index contributed by atoms with van der Waals surface area (Å²) in [7, 11) is -1.39. The predicted molar refractivity (Wildman–Crippen MR) is 71.5 cm³/mol. The Morgan fingerprint density at radius 2 is 2.06 bits per heavy atom. The van der Waals surface area contributed by atoms with E-state index < -0.39 is 10.0 Å². The second-order valence-corrected chi connectivity index (χ2v) is 7.30. The molecule has 1 aliphatic rings. The molecule has 0 heterocycles. The zero-order valence-corrected chi connectivity index (χ0v) is 12.0. The van der Waals surface area contributed by atoms with Crippen molar-refractivity contribution >= 4 is 10.0 Å². The maximum absolute atomic E-state index is 12.0. The lowest BCUT2D eigenvalue weighted by molar-refractivity contribution is 0.300. The van der Waals surface area contributed by atoms with Crippen molar-refractivity contribution < 1.29 is 8.42 Å². The van der Waals surface area contributed by atoms with Crippen molar-refractivity contribution in [3.63, 3.8) is 0 Å². The molecule has 0 bridgehead atoms. The molecule has 0 radical (unpaired) electrons. The first-order valence-corrected chi connectivity index (χ1v) is 8.20. The Labute approximate surface area is 106 Å². The van der Waals surface area contributed by atoms with Gasteiger partial charge in [0.15, 0.2) is 0 Å². The Morgan fingerprint density at radius 3 is 2.65 bits per heavy atom. The largest absolute Gasteiger partial charge is 0.318 e. The number of nitrogens with one attached hydrogen (secondary N) is 2. The Bertz CT molecular complexity index is 316. The Kier molecular flexibility index (Phi) is 5.89. The van der Waals surface area contributed by atoms with Crippen LogP contribution in [0, 0.1) is 5.92 Å². The molecule has 1 aliphatic carbocycles. The smallest absolute Gasteiger partial charge is 0.215 e. The average Bonchev–Trinajstić information content (AvgIpc) is 2.29. The van der Waals surface area contributed by atoms with Gasteiger partial charge in [0.1, 0.15) is 0 Å². The molecule has 0 spiro atoms. The predicted octanol–water partition coefficient (Wildman–Crippen LogP) is 1.48. The molecular weight excluding hydrogens is 236 g/mol.